The molecule has 2 saturated carbocycles. The first-order valence-corrected chi connectivity index (χ1v) is 8.13. The molecule has 0 radical (unpaired) electrons. The van der Waals surface area contributed by atoms with Crippen LogP contribution >= 0.6 is 0 Å². The van der Waals surface area contributed by atoms with E-state index in [4.69, 9.17) is 0 Å². The predicted molar refractivity (Wildman–Crippen MR) is 84.5 cm³/mol. The Hall–Kier alpha value is -2.10. The van der Waals surface area contributed by atoms with Gasteiger partial charge in [0.25, 0.3) is 5.91 Å². The molecule has 2 aliphatic rings. The first kappa shape index (κ1) is 13.6. The number of aromatic nitrogens is 2. The molecular formula is C18H21N3O. The van der Waals surface area contributed by atoms with Gasteiger partial charge in [0.15, 0.2) is 0 Å². The molecule has 114 valence electrons. The van der Waals surface area contributed by atoms with E-state index in [1.54, 1.807) is 12.5 Å². The van der Waals surface area contributed by atoms with Gasteiger partial charge in [0.1, 0.15) is 0 Å². The number of nitrogens with zero attached hydrogens (tertiary/aromatic N) is 2. The molecule has 1 amide bonds. The lowest BCUT2D eigenvalue weighted by Gasteiger charge is -2.22. The highest BCUT2D eigenvalue weighted by Crippen LogP contribution is 2.44. The SMILES string of the molecule is O=C(N[C@@H]1C[C@H]2CC[C@@H]1C2)c1ccc(Cn2ccnc2)cc1. The molecule has 2 aliphatic carbocycles. The number of benzene rings is 1. The van der Waals surface area contributed by atoms with Crippen molar-refractivity contribution in [2.45, 2.75) is 38.3 Å². The number of amides is 1. The van der Waals surface area contributed by atoms with Crippen LogP contribution in [0.2, 0.25) is 0 Å². The van der Waals surface area contributed by atoms with E-state index in [0.29, 0.717) is 6.04 Å². The molecule has 0 saturated heterocycles. The topological polar surface area (TPSA) is 46.9 Å². The molecule has 3 atom stereocenters. The van der Waals surface area contributed by atoms with Gasteiger partial charge >= 0.3 is 0 Å². The smallest absolute Gasteiger partial charge is 0.251 e. The minimum absolute atomic E-state index is 0.0757. The Labute approximate surface area is 130 Å². The monoisotopic (exact) mass is 295 g/mol. The molecule has 4 rings (SSSR count). The Bertz CT molecular complexity index is 647. The Morgan fingerprint density at radius 3 is 2.73 bits per heavy atom. The van der Waals surface area contributed by atoms with E-state index in [-0.39, 0.29) is 5.91 Å². The van der Waals surface area contributed by atoms with Crippen LogP contribution in [0.1, 0.15) is 41.6 Å². The average molecular weight is 295 g/mol. The van der Waals surface area contributed by atoms with Gasteiger partial charge in [-0.3, -0.25) is 4.79 Å². The van der Waals surface area contributed by atoms with Gasteiger partial charge in [-0.05, 0) is 48.8 Å². The fourth-order valence-corrected chi connectivity index (χ4v) is 4.03. The van der Waals surface area contributed by atoms with Crippen molar-refractivity contribution in [3.63, 3.8) is 0 Å². The molecule has 2 bridgehead atoms. The number of nitrogens with one attached hydrogen (secondary N) is 1. The van der Waals surface area contributed by atoms with Crippen LogP contribution in [0.3, 0.4) is 0 Å². The number of carbonyl (C=O) groups is 1. The number of hydrogen-bond acceptors (Lipinski definition) is 2. The molecule has 1 heterocycles. The van der Waals surface area contributed by atoms with Crippen LogP contribution in [0.25, 0.3) is 0 Å². The average Bonchev–Trinajstić information content (AvgIpc) is 3.25. The lowest BCUT2D eigenvalue weighted by Crippen LogP contribution is -2.38. The van der Waals surface area contributed by atoms with E-state index in [1.165, 1.54) is 31.2 Å². The highest BCUT2D eigenvalue weighted by molar-refractivity contribution is 5.94. The van der Waals surface area contributed by atoms with Crippen molar-refractivity contribution >= 4 is 5.91 Å². The van der Waals surface area contributed by atoms with Gasteiger partial charge in [-0.2, -0.15) is 0 Å². The van der Waals surface area contributed by atoms with Crippen LogP contribution < -0.4 is 5.32 Å². The number of fused-ring (bicyclic) bond motifs is 2. The summed E-state index contributed by atoms with van der Waals surface area (Å²) >= 11 is 0. The number of rotatable bonds is 4. The normalized spacial score (nSPS) is 26.3. The fraction of sp³-hybridized carbons (Fsp3) is 0.444. The third-order valence-corrected chi connectivity index (χ3v) is 5.20. The summed E-state index contributed by atoms with van der Waals surface area (Å²) in [4.78, 5) is 16.4. The fourth-order valence-electron chi connectivity index (χ4n) is 4.03. The zero-order valence-corrected chi connectivity index (χ0v) is 12.6. The van der Waals surface area contributed by atoms with Crippen molar-refractivity contribution in [3.8, 4) is 0 Å². The van der Waals surface area contributed by atoms with Crippen LogP contribution in [0.5, 0.6) is 0 Å². The van der Waals surface area contributed by atoms with Gasteiger partial charge in [-0.1, -0.05) is 18.6 Å². The van der Waals surface area contributed by atoms with Crippen molar-refractivity contribution in [1.82, 2.24) is 14.9 Å². The van der Waals surface area contributed by atoms with E-state index in [0.717, 1.165) is 23.9 Å². The standard InChI is InChI=1S/C18H21N3O/c22-18(20-17-10-14-3-6-16(17)9-14)15-4-1-13(2-5-15)11-21-8-7-19-12-21/h1-2,4-5,7-8,12,14,16-17H,3,6,9-11H2,(H,20,22)/t14-,16+,17+/m0/s1. The summed E-state index contributed by atoms with van der Waals surface area (Å²) in [7, 11) is 0. The highest BCUT2D eigenvalue weighted by Gasteiger charge is 2.40. The van der Waals surface area contributed by atoms with Crippen LogP contribution in [0.4, 0.5) is 0 Å². The molecule has 4 heteroatoms. The van der Waals surface area contributed by atoms with E-state index in [2.05, 4.69) is 10.3 Å². The minimum atomic E-state index is 0.0757. The number of carbonyl (C=O) groups excluding carboxylic acids is 1. The first-order valence-electron chi connectivity index (χ1n) is 8.13. The molecular weight excluding hydrogens is 274 g/mol. The zero-order chi connectivity index (χ0) is 14.9. The second kappa shape index (κ2) is 5.59. The number of imidazole rings is 1. The summed E-state index contributed by atoms with van der Waals surface area (Å²) < 4.78 is 2.02. The van der Waals surface area contributed by atoms with Gasteiger partial charge in [0.2, 0.25) is 0 Å². The molecule has 4 nitrogen and oxygen atoms in total. The van der Waals surface area contributed by atoms with Crippen molar-refractivity contribution in [2.75, 3.05) is 0 Å². The molecule has 0 unspecified atom stereocenters. The first-order chi connectivity index (χ1) is 10.8. The molecule has 2 fully saturated rings. The molecule has 1 aromatic carbocycles. The molecule has 1 aromatic heterocycles. The van der Waals surface area contributed by atoms with Crippen molar-refractivity contribution < 1.29 is 4.79 Å². The van der Waals surface area contributed by atoms with Gasteiger partial charge in [0.05, 0.1) is 6.33 Å². The largest absolute Gasteiger partial charge is 0.349 e. The molecule has 0 aliphatic heterocycles. The quantitative estimate of drug-likeness (QED) is 0.943. The summed E-state index contributed by atoms with van der Waals surface area (Å²) in [5.74, 6) is 1.65. The van der Waals surface area contributed by atoms with E-state index in [9.17, 15) is 4.79 Å². The summed E-state index contributed by atoms with van der Waals surface area (Å²) in [6, 6.07) is 8.30. The Kier molecular flexibility index (Phi) is 3.45. The second-order valence-corrected chi connectivity index (χ2v) is 6.69. The zero-order valence-electron chi connectivity index (χ0n) is 12.6. The Morgan fingerprint density at radius 1 is 1.23 bits per heavy atom. The molecule has 22 heavy (non-hydrogen) atoms. The maximum atomic E-state index is 12.4. The van der Waals surface area contributed by atoms with Crippen molar-refractivity contribution in [3.05, 3.63) is 54.1 Å². The molecule has 2 aromatic rings. The number of hydrogen-bond donors (Lipinski definition) is 1. The van der Waals surface area contributed by atoms with Gasteiger partial charge < -0.3 is 9.88 Å². The lowest BCUT2D eigenvalue weighted by molar-refractivity contribution is 0.0923. The summed E-state index contributed by atoms with van der Waals surface area (Å²) in [6.45, 7) is 0.786. The Morgan fingerprint density at radius 2 is 2.09 bits per heavy atom. The predicted octanol–water partition coefficient (Wildman–Crippen LogP) is 2.85. The van der Waals surface area contributed by atoms with Crippen molar-refractivity contribution in [2.24, 2.45) is 11.8 Å². The van der Waals surface area contributed by atoms with Gasteiger partial charge in [0, 0.05) is 30.5 Å². The summed E-state index contributed by atoms with van der Waals surface area (Å²) in [5.41, 5.74) is 1.94. The summed E-state index contributed by atoms with van der Waals surface area (Å²) in [6.07, 6.45) is 10.7. The lowest BCUT2D eigenvalue weighted by atomic mass is 9.95. The maximum absolute atomic E-state index is 12.4. The van der Waals surface area contributed by atoms with Crippen LogP contribution in [0.15, 0.2) is 43.0 Å². The van der Waals surface area contributed by atoms with E-state index >= 15 is 0 Å². The third kappa shape index (κ3) is 2.65. The molecule has 1 N–H and O–H groups in total. The van der Waals surface area contributed by atoms with Crippen molar-refractivity contribution in [1.29, 1.82) is 0 Å². The maximum Gasteiger partial charge on any atom is 0.251 e. The minimum Gasteiger partial charge on any atom is -0.349 e. The van der Waals surface area contributed by atoms with E-state index in [1.807, 2.05) is 35.0 Å². The highest BCUT2D eigenvalue weighted by atomic mass is 16.1. The Balaban J connectivity index is 1.38. The van der Waals surface area contributed by atoms with Gasteiger partial charge in [-0.15, -0.1) is 0 Å². The second-order valence-electron chi connectivity index (χ2n) is 6.69. The molecule has 0 spiro atoms. The van der Waals surface area contributed by atoms with E-state index < -0.39 is 0 Å². The van der Waals surface area contributed by atoms with Crippen LogP contribution in [-0.4, -0.2) is 21.5 Å². The summed E-state index contributed by atoms with van der Waals surface area (Å²) in [5, 5.41) is 3.24. The van der Waals surface area contributed by atoms with Crippen LogP contribution in [-0.2, 0) is 6.54 Å². The van der Waals surface area contributed by atoms with Gasteiger partial charge in [-0.25, -0.2) is 4.98 Å². The third-order valence-electron chi connectivity index (χ3n) is 5.20. The van der Waals surface area contributed by atoms with Crippen LogP contribution in [0, 0.1) is 11.8 Å².